The molecule has 0 spiro atoms. The highest BCUT2D eigenvalue weighted by atomic mass is 35.5. The molecular formula is C15H18Cl2N4O. The molecule has 0 saturated carbocycles. The van der Waals surface area contributed by atoms with Crippen LogP contribution in [0.15, 0.2) is 18.2 Å². The fraction of sp³-hybridized carbons (Fsp3) is 0.467. The minimum atomic E-state index is -0.0522. The van der Waals surface area contributed by atoms with Crippen molar-refractivity contribution in [1.29, 1.82) is 0 Å². The standard InChI is InChI=1S/C15H18Cl2N4O/c1-9-19-14(21-20-9)7-11-8-18-4-5-22-15(11)10-2-3-12(16)13(17)6-10/h2-3,6,11,15,18H,4-5,7-8H2,1H3,(H,19,20,21). The maximum atomic E-state index is 6.15. The van der Waals surface area contributed by atoms with E-state index in [0.29, 0.717) is 16.7 Å². The third kappa shape index (κ3) is 3.60. The Hall–Kier alpha value is -1.14. The topological polar surface area (TPSA) is 62.8 Å². The fourth-order valence-corrected chi connectivity index (χ4v) is 3.05. The maximum absolute atomic E-state index is 6.15. The largest absolute Gasteiger partial charge is 0.372 e. The highest BCUT2D eigenvalue weighted by molar-refractivity contribution is 6.42. The van der Waals surface area contributed by atoms with E-state index in [1.54, 1.807) is 0 Å². The van der Waals surface area contributed by atoms with Gasteiger partial charge in [-0.25, -0.2) is 4.98 Å². The van der Waals surface area contributed by atoms with Crippen molar-refractivity contribution < 1.29 is 4.74 Å². The van der Waals surface area contributed by atoms with E-state index in [2.05, 4.69) is 20.5 Å². The summed E-state index contributed by atoms with van der Waals surface area (Å²) in [5.74, 6) is 1.86. The zero-order chi connectivity index (χ0) is 15.5. The number of benzene rings is 1. The second-order valence-electron chi connectivity index (χ2n) is 5.47. The van der Waals surface area contributed by atoms with E-state index >= 15 is 0 Å². The molecule has 118 valence electrons. The molecule has 2 aromatic rings. The van der Waals surface area contributed by atoms with E-state index in [-0.39, 0.29) is 12.0 Å². The molecule has 2 heterocycles. The third-order valence-electron chi connectivity index (χ3n) is 3.77. The molecule has 1 aromatic carbocycles. The number of ether oxygens (including phenoxy) is 1. The Balaban J connectivity index is 1.85. The molecule has 1 fully saturated rings. The Kier molecular flexibility index (Phi) is 4.98. The molecule has 0 bridgehead atoms. The molecule has 0 amide bonds. The zero-order valence-electron chi connectivity index (χ0n) is 12.3. The van der Waals surface area contributed by atoms with Crippen molar-refractivity contribution in [2.24, 2.45) is 5.92 Å². The number of nitrogens with zero attached hydrogens (tertiary/aromatic N) is 2. The van der Waals surface area contributed by atoms with Crippen LogP contribution in [0.3, 0.4) is 0 Å². The van der Waals surface area contributed by atoms with Crippen LogP contribution in [0.2, 0.25) is 10.0 Å². The number of rotatable bonds is 3. The average Bonchev–Trinajstić information content (AvgIpc) is 2.76. The van der Waals surface area contributed by atoms with Crippen LogP contribution in [0.5, 0.6) is 0 Å². The van der Waals surface area contributed by atoms with Crippen molar-refractivity contribution in [3.8, 4) is 0 Å². The fourth-order valence-electron chi connectivity index (χ4n) is 2.74. The van der Waals surface area contributed by atoms with Gasteiger partial charge >= 0.3 is 0 Å². The number of aromatic amines is 1. The summed E-state index contributed by atoms with van der Waals surface area (Å²) in [6.07, 6.45) is 0.686. The highest BCUT2D eigenvalue weighted by Gasteiger charge is 2.28. The quantitative estimate of drug-likeness (QED) is 0.901. The number of aryl methyl sites for hydroxylation is 1. The average molecular weight is 341 g/mol. The van der Waals surface area contributed by atoms with E-state index < -0.39 is 0 Å². The molecule has 7 heteroatoms. The second-order valence-corrected chi connectivity index (χ2v) is 6.28. The minimum absolute atomic E-state index is 0.0522. The van der Waals surface area contributed by atoms with Gasteiger partial charge in [-0.1, -0.05) is 29.3 Å². The lowest BCUT2D eigenvalue weighted by Gasteiger charge is -2.24. The van der Waals surface area contributed by atoms with Gasteiger partial charge in [-0.15, -0.1) is 0 Å². The molecule has 22 heavy (non-hydrogen) atoms. The Labute approximate surface area is 139 Å². The van der Waals surface area contributed by atoms with Gasteiger partial charge in [-0.2, -0.15) is 5.10 Å². The van der Waals surface area contributed by atoms with E-state index in [4.69, 9.17) is 27.9 Å². The van der Waals surface area contributed by atoms with Crippen molar-refractivity contribution in [2.45, 2.75) is 19.4 Å². The van der Waals surface area contributed by atoms with Gasteiger partial charge in [0.05, 0.1) is 22.8 Å². The summed E-state index contributed by atoms with van der Waals surface area (Å²) in [7, 11) is 0. The van der Waals surface area contributed by atoms with E-state index in [9.17, 15) is 0 Å². The minimum Gasteiger partial charge on any atom is -0.372 e. The van der Waals surface area contributed by atoms with Crippen molar-refractivity contribution in [3.63, 3.8) is 0 Å². The molecule has 5 nitrogen and oxygen atoms in total. The van der Waals surface area contributed by atoms with Crippen molar-refractivity contribution >= 4 is 23.2 Å². The van der Waals surface area contributed by atoms with E-state index in [0.717, 1.165) is 36.7 Å². The molecule has 1 aliphatic heterocycles. The van der Waals surface area contributed by atoms with Crippen LogP contribution < -0.4 is 5.32 Å². The van der Waals surface area contributed by atoms with Crippen LogP contribution >= 0.6 is 23.2 Å². The second kappa shape index (κ2) is 6.96. The van der Waals surface area contributed by atoms with E-state index in [1.165, 1.54) is 0 Å². The van der Waals surface area contributed by atoms with Crippen LogP contribution in [-0.2, 0) is 11.2 Å². The summed E-state index contributed by atoms with van der Waals surface area (Å²) in [6.45, 7) is 4.24. The van der Waals surface area contributed by atoms with Crippen molar-refractivity contribution in [1.82, 2.24) is 20.5 Å². The predicted molar refractivity (Wildman–Crippen MR) is 86.3 cm³/mol. The van der Waals surface area contributed by atoms with Gasteiger partial charge in [0.1, 0.15) is 5.82 Å². The molecule has 1 aromatic heterocycles. The van der Waals surface area contributed by atoms with Crippen LogP contribution in [0.1, 0.15) is 23.3 Å². The number of halogens is 2. The van der Waals surface area contributed by atoms with Gasteiger partial charge in [0.15, 0.2) is 5.82 Å². The first-order chi connectivity index (χ1) is 10.6. The molecule has 1 saturated heterocycles. The van der Waals surface area contributed by atoms with Gasteiger partial charge in [0, 0.05) is 25.4 Å². The van der Waals surface area contributed by atoms with Gasteiger partial charge in [0.2, 0.25) is 0 Å². The lowest BCUT2D eigenvalue weighted by atomic mass is 9.92. The summed E-state index contributed by atoms with van der Waals surface area (Å²) < 4.78 is 6.05. The molecule has 1 aliphatic rings. The normalized spacial score (nSPS) is 22.5. The van der Waals surface area contributed by atoms with Gasteiger partial charge in [-0.05, 0) is 24.6 Å². The first kappa shape index (κ1) is 15.7. The summed E-state index contributed by atoms with van der Waals surface area (Å²) in [5, 5.41) is 11.6. The van der Waals surface area contributed by atoms with Gasteiger partial charge in [0.25, 0.3) is 0 Å². The predicted octanol–water partition coefficient (Wildman–Crippen LogP) is 2.94. The monoisotopic (exact) mass is 340 g/mol. The molecule has 0 aliphatic carbocycles. The van der Waals surface area contributed by atoms with Gasteiger partial charge < -0.3 is 10.1 Å². The number of nitrogens with one attached hydrogen (secondary N) is 2. The van der Waals surface area contributed by atoms with Crippen molar-refractivity contribution in [2.75, 3.05) is 19.7 Å². The Morgan fingerprint density at radius 2 is 2.18 bits per heavy atom. The molecular weight excluding hydrogens is 323 g/mol. The molecule has 3 rings (SSSR count). The molecule has 2 unspecified atom stereocenters. The smallest absolute Gasteiger partial charge is 0.151 e. The summed E-state index contributed by atoms with van der Waals surface area (Å²) in [4.78, 5) is 4.40. The first-order valence-corrected chi connectivity index (χ1v) is 8.04. The van der Waals surface area contributed by atoms with Crippen LogP contribution in [-0.4, -0.2) is 34.9 Å². The number of aromatic nitrogens is 3. The van der Waals surface area contributed by atoms with Gasteiger partial charge in [-0.3, -0.25) is 5.10 Å². The third-order valence-corrected chi connectivity index (χ3v) is 4.51. The molecule has 2 atom stereocenters. The maximum Gasteiger partial charge on any atom is 0.151 e. The van der Waals surface area contributed by atoms with Crippen molar-refractivity contribution in [3.05, 3.63) is 45.5 Å². The lowest BCUT2D eigenvalue weighted by Crippen LogP contribution is -2.26. The van der Waals surface area contributed by atoms with E-state index in [1.807, 2.05) is 25.1 Å². The highest BCUT2D eigenvalue weighted by Crippen LogP contribution is 2.33. The Morgan fingerprint density at radius 3 is 2.91 bits per heavy atom. The SMILES string of the molecule is Cc1nc(CC2CNCCOC2c2ccc(Cl)c(Cl)c2)n[nH]1. The number of H-pyrrole nitrogens is 1. The first-order valence-electron chi connectivity index (χ1n) is 7.28. The molecule has 2 N–H and O–H groups in total. The van der Waals surface area contributed by atoms with Crippen LogP contribution in [0.25, 0.3) is 0 Å². The summed E-state index contributed by atoms with van der Waals surface area (Å²) in [6, 6.07) is 5.67. The summed E-state index contributed by atoms with van der Waals surface area (Å²) in [5.41, 5.74) is 1.04. The molecule has 0 radical (unpaired) electrons. The Morgan fingerprint density at radius 1 is 1.32 bits per heavy atom. The number of hydrogen-bond donors (Lipinski definition) is 2. The van der Waals surface area contributed by atoms with Crippen LogP contribution in [0, 0.1) is 12.8 Å². The Bertz CT molecular complexity index is 646. The summed E-state index contributed by atoms with van der Waals surface area (Å²) >= 11 is 12.2. The van der Waals surface area contributed by atoms with Crippen LogP contribution in [0.4, 0.5) is 0 Å². The lowest BCUT2D eigenvalue weighted by molar-refractivity contribution is 0.0301. The zero-order valence-corrected chi connectivity index (χ0v) is 13.8. The number of hydrogen-bond acceptors (Lipinski definition) is 4.